The fourth-order valence-electron chi connectivity index (χ4n) is 1.61. The zero-order valence-electron chi connectivity index (χ0n) is 9.84. The van der Waals surface area contributed by atoms with Gasteiger partial charge in [0.15, 0.2) is 5.60 Å². The van der Waals surface area contributed by atoms with Crippen LogP contribution in [0.5, 0.6) is 0 Å². The van der Waals surface area contributed by atoms with Gasteiger partial charge in [0.25, 0.3) is 0 Å². The van der Waals surface area contributed by atoms with Crippen LogP contribution in [0.2, 0.25) is 0 Å². The lowest BCUT2D eigenvalue weighted by Gasteiger charge is -2.35. The van der Waals surface area contributed by atoms with E-state index in [1.165, 1.54) is 4.90 Å². The maximum atomic E-state index is 11.6. The maximum Gasteiger partial charge on any atom is 0.337 e. The molecule has 1 heterocycles. The zero-order valence-corrected chi connectivity index (χ0v) is 9.84. The highest BCUT2D eigenvalue weighted by Gasteiger charge is 2.39. The van der Waals surface area contributed by atoms with Gasteiger partial charge in [-0.15, -0.1) is 0 Å². The van der Waals surface area contributed by atoms with Crippen LogP contribution in [0, 0.1) is 0 Å². The van der Waals surface area contributed by atoms with Crippen molar-refractivity contribution in [1.82, 2.24) is 9.80 Å². The lowest BCUT2D eigenvalue weighted by atomic mass is 10.1. The number of carbonyl (C=O) groups is 3. The molecule has 0 bridgehead atoms. The molecule has 1 fully saturated rings. The van der Waals surface area contributed by atoms with Crippen LogP contribution in [0.4, 0.5) is 0 Å². The summed E-state index contributed by atoms with van der Waals surface area (Å²) >= 11 is 0. The Morgan fingerprint density at radius 2 is 1.76 bits per heavy atom. The number of rotatable bonds is 4. The van der Waals surface area contributed by atoms with Crippen molar-refractivity contribution in [2.24, 2.45) is 0 Å². The highest BCUT2D eigenvalue weighted by Crippen LogP contribution is 2.11. The first-order chi connectivity index (χ1) is 7.79. The van der Waals surface area contributed by atoms with Crippen molar-refractivity contribution in [2.75, 3.05) is 26.2 Å². The number of aliphatic carboxylic acids is 1. The summed E-state index contributed by atoms with van der Waals surface area (Å²) in [5.74, 6) is -2.84. The average molecular weight is 244 g/mol. The van der Waals surface area contributed by atoms with Gasteiger partial charge in [0, 0.05) is 19.6 Å². The molecule has 1 rings (SSSR count). The number of carboxylic acids is 1. The number of carboxylic acid groups (broad SMARTS) is 1. The van der Waals surface area contributed by atoms with Crippen molar-refractivity contribution in [3.8, 4) is 0 Å². The zero-order chi connectivity index (χ0) is 13.2. The van der Waals surface area contributed by atoms with Gasteiger partial charge in [0.1, 0.15) is 0 Å². The lowest BCUT2D eigenvalue weighted by molar-refractivity contribution is -0.165. The minimum absolute atomic E-state index is 0.238. The standard InChI is InChI=1S/C10H16N2O5/c1-3-11-4-5-12(8(14)7(11)13)6-10(2,17)9(15)16/h17H,3-6H2,1-2H3,(H,15,16). The summed E-state index contributed by atoms with van der Waals surface area (Å²) in [5, 5.41) is 18.3. The van der Waals surface area contributed by atoms with E-state index in [0.717, 1.165) is 11.8 Å². The number of carbonyl (C=O) groups excluding carboxylic acids is 2. The van der Waals surface area contributed by atoms with E-state index < -0.39 is 23.4 Å². The van der Waals surface area contributed by atoms with Gasteiger partial charge >= 0.3 is 17.8 Å². The van der Waals surface area contributed by atoms with Crippen molar-refractivity contribution >= 4 is 17.8 Å². The lowest BCUT2D eigenvalue weighted by Crippen LogP contribution is -2.58. The Labute approximate surface area is 98.6 Å². The molecule has 96 valence electrons. The van der Waals surface area contributed by atoms with Crippen LogP contribution in [0.3, 0.4) is 0 Å². The molecule has 0 aliphatic carbocycles. The van der Waals surface area contributed by atoms with Gasteiger partial charge in [0.2, 0.25) is 0 Å². The molecule has 1 saturated heterocycles. The van der Waals surface area contributed by atoms with Crippen LogP contribution in [0.15, 0.2) is 0 Å². The molecule has 1 aliphatic heterocycles. The molecule has 2 amide bonds. The predicted molar refractivity (Wildman–Crippen MR) is 57.1 cm³/mol. The van der Waals surface area contributed by atoms with Gasteiger partial charge in [-0.05, 0) is 13.8 Å². The van der Waals surface area contributed by atoms with E-state index in [1.807, 2.05) is 0 Å². The monoisotopic (exact) mass is 244 g/mol. The van der Waals surface area contributed by atoms with Gasteiger partial charge in [0.05, 0.1) is 6.54 Å². The van der Waals surface area contributed by atoms with Crippen LogP contribution in [0.1, 0.15) is 13.8 Å². The Morgan fingerprint density at radius 3 is 2.24 bits per heavy atom. The van der Waals surface area contributed by atoms with Crippen molar-refractivity contribution in [1.29, 1.82) is 0 Å². The van der Waals surface area contributed by atoms with E-state index in [4.69, 9.17) is 5.11 Å². The molecule has 0 saturated carbocycles. The van der Waals surface area contributed by atoms with E-state index in [2.05, 4.69) is 0 Å². The largest absolute Gasteiger partial charge is 0.479 e. The Bertz CT molecular complexity index is 353. The third-order valence-corrected chi connectivity index (χ3v) is 2.74. The van der Waals surface area contributed by atoms with Gasteiger partial charge < -0.3 is 20.0 Å². The number of piperazine rings is 1. The van der Waals surface area contributed by atoms with Crippen molar-refractivity contribution in [2.45, 2.75) is 19.4 Å². The summed E-state index contributed by atoms with van der Waals surface area (Å²) in [6.45, 7) is 3.50. The summed E-state index contributed by atoms with van der Waals surface area (Å²) in [6.07, 6.45) is 0. The first-order valence-electron chi connectivity index (χ1n) is 5.33. The summed E-state index contributed by atoms with van der Waals surface area (Å²) in [5.41, 5.74) is -2.04. The quantitative estimate of drug-likeness (QED) is 0.587. The molecule has 7 heteroatoms. The summed E-state index contributed by atoms with van der Waals surface area (Å²) in [7, 11) is 0. The van der Waals surface area contributed by atoms with Crippen molar-refractivity contribution in [3.63, 3.8) is 0 Å². The number of hydrogen-bond acceptors (Lipinski definition) is 4. The number of amides is 2. The highest BCUT2D eigenvalue weighted by molar-refractivity contribution is 6.35. The highest BCUT2D eigenvalue weighted by atomic mass is 16.4. The number of likely N-dealkylation sites (N-methyl/N-ethyl adjacent to an activating group) is 1. The molecule has 7 nitrogen and oxygen atoms in total. The van der Waals surface area contributed by atoms with E-state index in [9.17, 15) is 19.5 Å². The van der Waals surface area contributed by atoms with E-state index in [1.54, 1.807) is 6.92 Å². The fraction of sp³-hybridized carbons (Fsp3) is 0.700. The van der Waals surface area contributed by atoms with Gasteiger partial charge in [-0.3, -0.25) is 9.59 Å². The summed E-state index contributed by atoms with van der Waals surface area (Å²) in [6, 6.07) is 0. The SMILES string of the molecule is CCN1CCN(CC(C)(O)C(=O)O)C(=O)C1=O. The second kappa shape index (κ2) is 4.70. The molecule has 17 heavy (non-hydrogen) atoms. The van der Waals surface area contributed by atoms with Crippen LogP contribution in [-0.4, -0.2) is 69.6 Å². The first kappa shape index (κ1) is 13.4. The minimum Gasteiger partial charge on any atom is -0.479 e. The average Bonchev–Trinajstić information content (AvgIpc) is 2.25. The van der Waals surface area contributed by atoms with Crippen LogP contribution < -0.4 is 0 Å². The molecule has 0 aromatic carbocycles. The Hall–Kier alpha value is -1.63. The summed E-state index contributed by atoms with van der Waals surface area (Å²) < 4.78 is 0. The van der Waals surface area contributed by atoms with Crippen LogP contribution in [0.25, 0.3) is 0 Å². The molecule has 0 radical (unpaired) electrons. The Morgan fingerprint density at radius 1 is 1.29 bits per heavy atom. The predicted octanol–water partition coefficient (Wildman–Crippen LogP) is -1.49. The summed E-state index contributed by atoms with van der Waals surface area (Å²) in [4.78, 5) is 36.3. The van der Waals surface area contributed by atoms with Gasteiger partial charge in [-0.1, -0.05) is 0 Å². The van der Waals surface area contributed by atoms with Crippen LogP contribution >= 0.6 is 0 Å². The normalized spacial score (nSPS) is 20.4. The molecule has 1 aliphatic rings. The molecule has 1 atom stereocenters. The second-order valence-electron chi connectivity index (χ2n) is 4.19. The number of nitrogens with zero attached hydrogens (tertiary/aromatic N) is 2. The molecule has 2 N–H and O–H groups in total. The third-order valence-electron chi connectivity index (χ3n) is 2.74. The minimum atomic E-state index is -2.04. The molecular weight excluding hydrogens is 228 g/mol. The van der Waals surface area contributed by atoms with Crippen molar-refractivity contribution in [3.05, 3.63) is 0 Å². The molecule has 0 aromatic heterocycles. The molecule has 0 spiro atoms. The van der Waals surface area contributed by atoms with E-state index in [0.29, 0.717) is 13.1 Å². The topological polar surface area (TPSA) is 98.2 Å². The fourth-order valence-corrected chi connectivity index (χ4v) is 1.61. The molecule has 1 unspecified atom stereocenters. The number of β-amino-alcohol motifs (C(OH)–C–C–N with tert-alkyl or cyclic N) is 1. The third kappa shape index (κ3) is 2.73. The number of hydrogen-bond donors (Lipinski definition) is 2. The smallest absolute Gasteiger partial charge is 0.337 e. The van der Waals surface area contributed by atoms with Gasteiger partial charge in [-0.25, -0.2) is 4.79 Å². The maximum absolute atomic E-state index is 11.6. The van der Waals surface area contributed by atoms with E-state index >= 15 is 0 Å². The second-order valence-corrected chi connectivity index (χ2v) is 4.19. The molecule has 0 aromatic rings. The van der Waals surface area contributed by atoms with Crippen LogP contribution in [-0.2, 0) is 14.4 Å². The molecular formula is C10H16N2O5. The first-order valence-corrected chi connectivity index (χ1v) is 5.33. The number of aliphatic hydroxyl groups is 1. The Kier molecular flexibility index (Phi) is 3.72. The Balaban J connectivity index is 2.73. The van der Waals surface area contributed by atoms with Gasteiger partial charge in [-0.2, -0.15) is 0 Å². The van der Waals surface area contributed by atoms with E-state index in [-0.39, 0.29) is 13.1 Å². The van der Waals surface area contributed by atoms with Crippen molar-refractivity contribution < 1.29 is 24.6 Å².